The molecule has 1 aromatic heterocycles. The van der Waals surface area contributed by atoms with Crippen molar-refractivity contribution >= 4 is 15.9 Å². The minimum absolute atomic E-state index is 0.00201. The first kappa shape index (κ1) is 17.6. The molecule has 0 bridgehead atoms. The van der Waals surface area contributed by atoms with Crippen LogP contribution < -0.4 is 0 Å². The van der Waals surface area contributed by atoms with Gasteiger partial charge in [0.05, 0.1) is 5.75 Å². The normalized spacial score (nSPS) is 16.0. The third-order valence-electron chi connectivity index (χ3n) is 4.45. The summed E-state index contributed by atoms with van der Waals surface area (Å²) >= 11 is 0. The summed E-state index contributed by atoms with van der Waals surface area (Å²) in [4.78, 5) is 18.0. The van der Waals surface area contributed by atoms with E-state index in [1.54, 1.807) is 29.4 Å². The number of aryl methyl sites for hydroxylation is 1. The molecule has 7 heteroatoms. The second kappa shape index (κ2) is 7.33. The number of amides is 1. The zero-order chi connectivity index (χ0) is 17.9. The van der Waals surface area contributed by atoms with Gasteiger partial charge in [-0.25, -0.2) is 8.42 Å². The lowest BCUT2D eigenvalue weighted by Gasteiger charge is -2.34. The van der Waals surface area contributed by atoms with Gasteiger partial charge >= 0.3 is 0 Å². The number of nitrogens with zero attached hydrogens (tertiary/aromatic N) is 3. The van der Waals surface area contributed by atoms with E-state index >= 15 is 0 Å². The second-order valence-corrected chi connectivity index (χ2v) is 8.08. The Morgan fingerprint density at radius 1 is 1.04 bits per heavy atom. The van der Waals surface area contributed by atoms with Gasteiger partial charge < -0.3 is 4.90 Å². The van der Waals surface area contributed by atoms with Crippen LogP contribution in [0.25, 0.3) is 0 Å². The summed E-state index contributed by atoms with van der Waals surface area (Å²) in [5.74, 6) is -0.0869. The molecule has 1 saturated heterocycles. The predicted molar refractivity (Wildman–Crippen MR) is 95.5 cm³/mol. The van der Waals surface area contributed by atoms with Gasteiger partial charge in [0.1, 0.15) is 0 Å². The Bertz CT molecular complexity index is 845. The lowest BCUT2D eigenvalue weighted by Crippen LogP contribution is -2.50. The number of aromatic nitrogens is 1. The van der Waals surface area contributed by atoms with Crippen molar-refractivity contribution < 1.29 is 13.2 Å². The number of sulfonamides is 1. The van der Waals surface area contributed by atoms with Gasteiger partial charge in [0.15, 0.2) is 0 Å². The van der Waals surface area contributed by atoms with Gasteiger partial charge in [0.2, 0.25) is 10.0 Å². The molecule has 0 atom stereocenters. The average molecular weight is 359 g/mol. The van der Waals surface area contributed by atoms with E-state index in [0.29, 0.717) is 31.7 Å². The predicted octanol–water partition coefficient (Wildman–Crippen LogP) is 1.68. The number of carbonyl (C=O) groups excluding carboxylic acids is 1. The van der Waals surface area contributed by atoms with Crippen LogP contribution >= 0.6 is 0 Å². The molecule has 1 amide bonds. The molecule has 2 aromatic rings. The summed E-state index contributed by atoms with van der Waals surface area (Å²) in [5, 5.41) is 0. The van der Waals surface area contributed by atoms with Crippen molar-refractivity contribution in [1.82, 2.24) is 14.2 Å². The van der Waals surface area contributed by atoms with Crippen LogP contribution in [0.5, 0.6) is 0 Å². The van der Waals surface area contributed by atoms with E-state index in [0.717, 1.165) is 11.1 Å². The van der Waals surface area contributed by atoms with E-state index in [1.807, 2.05) is 31.2 Å². The number of pyridine rings is 1. The smallest absolute Gasteiger partial charge is 0.254 e. The third kappa shape index (κ3) is 4.05. The van der Waals surface area contributed by atoms with Crippen LogP contribution in [0.1, 0.15) is 21.5 Å². The Morgan fingerprint density at radius 2 is 1.68 bits per heavy atom. The Hall–Kier alpha value is -2.25. The summed E-state index contributed by atoms with van der Waals surface area (Å²) in [6.45, 7) is 3.36. The molecule has 1 aliphatic rings. The van der Waals surface area contributed by atoms with Crippen LogP contribution in [0, 0.1) is 6.92 Å². The van der Waals surface area contributed by atoms with Gasteiger partial charge in [-0.05, 0) is 30.2 Å². The van der Waals surface area contributed by atoms with E-state index in [-0.39, 0.29) is 11.7 Å². The number of piperazine rings is 1. The molecule has 2 heterocycles. The van der Waals surface area contributed by atoms with E-state index in [2.05, 4.69) is 4.98 Å². The molecule has 6 nitrogen and oxygen atoms in total. The molecule has 132 valence electrons. The van der Waals surface area contributed by atoms with E-state index < -0.39 is 10.0 Å². The van der Waals surface area contributed by atoms with Crippen molar-refractivity contribution in [2.45, 2.75) is 12.7 Å². The maximum atomic E-state index is 12.7. The molecule has 0 unspecified atom stereocenters. The molecule has 0 radical (unpaired) electrons. The minimum Gasteiger partial charge on any atom is -0.336 e. The Balaban J connectivity index is 1.63. The molecule has 1 aromatic carbocycles. The fourth-order valence-corrected chi connectivity index (χ4v) is 4.53. The van der Waals surface area contributed by atoms with Crippen LogP contribution in [-0.4, -0.2) is 54.7 Å². The highest BCUT2D eigenvalue weighted by molar-refractivity contribution is 7.88. The Labute approximate surface area is 148 Å². The highest BCUT2D eigenvalue weighted by atomic mass is 32.2. The van der Waals surface area contributed by atoms with E-state index in [1.165, 1.54) is 4.31 Å². The van der Waals surface area contributed by atoms with E-state index in [9.17, 15) is 13.2 Å². The van der Waals surface area contributed by atoms with Crippen molar-refractivity contribution in [2.24, 2.45) is 0 Å². The SMILES string of the molecule is Cc1ccccc1CS(=O)(=O)N1CCN(C(=O)c2ccncc2)CC1. The van der Waals surface area contributed by atoms with Crippen molar-refractivity contribution in [2.75, 3.05) is 26.2 Å². The van der Waals surface area contributed by atoms with Gasteiger partial charge in [-0.1, -0.05) is 24.3 Å². The van der Waals surface area contributed by atoms with Gasteiger partial charge in [0, 0.05) is 44.1 Å². The third-order valence-corrected chi connectivity index (χ3v) is 6.27. The second-order valence-electron chi connectivity index (χ2n) is 6.11. The van der Waals surface area contributed by atoms with Gasteiger partial charge in [-0.2, -0.15) is 4.31 Å². The van der Waals surface area contributed by atoms with Gasteiger partial charge in [0.25, 0.3) is 5.91 Å². The zero-order valence-electron chi connectivity index (χ0n) is 14.1. The summed E-state index contributed by atoms with van der Waals surface area (Å²) in [7, 11) is -3.39. The van der Waals surface area contributed by atoms with Crippen molar-refractivity contribution in [3.05, 3.63) is 65.5 Å². The van der Waals surface area contributed by atoms with Crippen molar-refractivity contribution in [1.29, 1.82) is 0 Å². The lowest BCUT2D eigenvalue weighted by molar-refractivity contribution is 0.0697. The first-order valence-electron chi connectivity index (χ1n) is 8.19. The van der Waals surface area contributed by atoms with E-state index in [4.69, 9.17) is 0 Å². The van der Waals surface area contributed by atoms with Crippen LogP contribution in [-0.2, 0) is 15.8 Å². The fraction of sp³-hybridized carbons (Fsp3) is 0.333. The molecule has 0 N–H and O–H groups in total. The summed E-state index contributed by atoms with van der Waals surface area (Å²) < 4.78 is 26.8. The maximum absolute atomic E-state index is 12.7. The fourth-order valence-electron chi connectivity index (χ4n) is 2.91. The first-order chi connectivity index (χ1) is 12.0. The molecular weight excluding hydrogens is 338 g/mol. The Kier molecular flexibility index (Phi) is 5.15. The number of rotatable bonds is 4. The molecule has 0 aliphatic carbocycles. The summed E-state index contributed by atoms with van der Waals surface area (Å²) in [6.07, 6.45) is 3.16. The van der Waals surface area contributed by atoms with Crippen LogP contribution in [0.3, 0.4) is 0 Å². The Morgan fingerprint density at radius 3 is 2.32 bits per heavy atom. The summed E-state index contributed by atoms with van der Waals surface area (Å²) in [5.41, 5.74) is 2.36. The number of benzene rings is 1. The summed E-state index contributed by atoms with van der Waals surface area (Å²) in [6, 6.07) is 10.8. The highest BCUT2D eigenvalue weighted by Crippen LogP contribution is 2.17. The maximum Gasteiger partial charge on any atom is 0.254 e. The van der Waals surface area contributed by atoms with Crippen molar-refractivity contribution in [3.8, 4) is 0 Å². The molecule has 3 rings (SSSR count). The first-order valence-corrected chi connectivity index (χ1v) is 9.80. The number of carbonyl (C=O) groups is 1. The number of hydrogen-bond acceptors (Lipinski definition) is 4. The van der Waals surface area contributed by atoms with Crippen molar-refractivity contribution in [3.63, 3.8) is 0 Å². The van der Waals surface area contributed by atoms with Crippen LogP contribution in [0.15, 0.2) is 48.8 Å². The standard InChI is InChI=1S/C18H21N3O3S/c1-15-4-2-3-5-17(15)14-25(23,24)21-12-10-20(11-13-21)18(22)16-6-8-19-9-7-16/h2-9H,10-14H2,1H3. The molecule has 1 aliphatic heterocycles. The highest BCUT2D eigenvalue weighted by Gasteiger charge is 2.29. The molecule has 1 fully saturated rings. The topological polar surface area (TPSA) is 70.6 Å². The van der Waals surface area contributed by atoms with Gasteiger partial charge in [-0.15, -0.1) is 0 Å². The molecule has 0 spiro atoms. The molecule has 0 saturated carbocycles. The van der Waals surface area contributed by atoms with Crippen LogP contribution in [0.4, 0.5) is 0 Å². The monoisotopic (exact) mass is 359 g/mol. The lowest BCUT2D eigenvalue weighted by atomic mass is 10.1. The quantitative estimate of drug-likeness (QED) is 0.833. The molecule has 25 heavy (non-hydrogen) atoms. The zero-order valence-corrected chi connectivity index (χ0v) is 14.9. The average Bonchev–Trinajstić information content (AvgIpc) is 2.64. The van der Waals surface area contributed by atoms with Crippen LogP contribution in [0.2, 0.25) is 0 Å². The number of hydrogen-bond donors (Lipinski definition) is 0. The largest absolute Gasteiger partial charge is 0.336 e. The molecular formula is C18H21N3O3S. The minimum atomic E-state index is -3.39. The van der Waals surface area contributed by atoms with Gasteiger partial charge in [-0.3, -0.25) is 9.78 Å².